The summed E-state index contributed by atoms with van der Waals surface area (Å²) in [6, 6.07) is 3.52. The monoisotopic (exact) mass is 247 g/mol. The molecule has 2 rings (SSSR count). The number of carbonyl (C=O) groups is 1. The zero-order chi connectivity index (χ0) is 13.0. The van der Waals surface area contributed by atoms with Crippen LogP contribution >= 0.6 is 0 Å². The first-order valence-corrected chi connectivity index (χ1v) is 6.65. The van der Waals surface area contributed by atoms with Crippen LogP contribution in [0.2, 0.25) is 0 Å². The number of nitrogens with two attached hydrogens (primary N) is 1. The van der Waals surface area contributed by atoms with Gasteiger partial charge in [0.15, 0.2) is 0 Å². The van der Waals surface area contributed by atoms with Gasteiger partial charge in [-0.1, -0.05) is 19.8 Å². The molecule has 1 aromatic heterocycles. The molecule has 1 aliphatic carbocycles. The maximum absolute atomic E-state index is 10.9. The van der Waals surface area contributed by atoms with Crippen LogP contribution in [0.25, 0.3) is 0 Å². The van der Waals surface area contributed by atoms with E-state index in [1.54, 1.807) is 6.07 Å². The highest BCUT2D eigenvalue weighted by Gasteiger charge is 2.17. The molecule has 0 saturated heterocycles. The van der Waals surface area contributed by atoms with Crippen molar-refractivity contribution in [2.75, 3.05) is 11.9 Å². The topological polar surface area (TPSA) is 68.0 Å². The first-order chi connectivity index (χ1) is 8.65. The molecule has 0 unspecified atom stereocenters. The van der Waals surface area contributed by atoms with Crippen LogP contribution in [0.15, 0.2) is 18.3 Å². The Bertz CT molecular complexity index is 394. The molecular formula is C14H21N3O. The molecule has 4 heteroatoms. The number of rotatable bonds is 4. The van der Waals surface area contributed by atoms with Gasteiger partial charge in [0.2, 0.25) is 5.91 Å². The van der Waals surface area contributed by atoms with E-state index in [9.17, 15) is 4.79 Å². The van der Waals surface area contributed by atoms with E-state index in [-0.39, 0.29) is 0 Å². The lowest BCUT2D eigenvalue weighted by molar-refractivity contribution is 0.1000. The van der Waals surface area contributed by atoms with E-state index in [0.29, 0.717) is 5.56 Å². The van der Waals surface area contributed by atoms with Crippen molar-refractivity contribution in [3.63, 3.8) is 0 Å². The summed E-state index contributed by atoms with van der Waals surface area (Å²) < 4.78 is 0. The molecular weight excluding hydrogens is 226 g/mol. The number of nitrogens with one attached hydrogen (secondary N) is 1. The molecule has 0 radical (unpaired) electrons. The van der Waals surface area contributed by atoms with Crippen LogP contribution in [0.3, 0.4) is 0 Å². The number of hydrogen-bond acceptors (Lipinski definition) is 3. The van der Waals surface area contributed by atoms with E-state index < -0.39 is 5.91 Å². The summed E-state index contributed by atoms with van der Waals surface area (Å²) in [5.74, 6) is 2.02. The van der Waals surface area contributed by atoms with Crippen molar-refractivity contribution < 1.29 is 4.79 Å². The van der Waals surface area contributed by atoms with Gasteiger partial charge < -0.3 is 11.1 Å². The van der Waals surface area contributed by atoms with E-state index >= 15 is 0 Å². The van der Waals surface area contributed by atoms with Crippen molar-refractivity contribution in [2.45, 2.75) is 32.6 Å². The molecule has 0 spiro atoms. The second kappa shape index (κ2) is 5.85. The summed E-state index contributed by atoms with van der Waals surface area (Å²) in [4.78, 5) is 15.1. The third kappa shape index (κ3) is 3.45. The van der Waals surface area contributed by atoms with E-state index in [4.69, 9.17) is 5.73 Å². The first-order valence-electron chi connectivity index (χ1n) is 6.65. The molecule has 0 aromatic carbocycles. The van der Waals surface area contributed by atoms with Crippen LogP contribution in [-0.2, 0) is 0 Å². The zero-order valence-corrected chi connectivity index (χ0v) is 10.9. The van der Waals surface area contributed by atoms with E-state index in [1.807, 2.05) is 6.07 Å². The van der Waals surface area contributed by atoms with Crippen molar-refractivity contribution in [1.29, 1.82) is 0 Å². The molecule has 4 nitrogen and oxygen atoms in total. The Labute approximate surface area is 108 Å². The average Bonchev–Trinajstić information content (AvgIpc) is 2.38. The summed E-state index contributed by atoms with van der Waals surface area (Å²) in [5, 5.41) is 3.33. The lowest BCUT2D eigenvalue weighted by Gasteiger charge is -2.26. The standard InChI is InChI=1S/C14H21N3O/c1-10-2-4-11(5-3-10)8-16-13-7-6-12(9-17-13)14(15)18/h6-7,9-11H,2-5,8H2,1H3,(H2,15,18)(H,16,17). The Morgan fingerprint density at radius 1 is 1.39 bits per heavy atom. The fourth-order valence-electron chi connectivity index (χ4n) is 2.43. The second-order valence-electron chi connectivity index (χ2n) is 5.30. The minimum Gasteiger partial charge on any atom is -0.370 e. The Hall–Kier alpha value is -1.58. The second-order valence-corrected chi connectivity index (χ2v) is 5.30. The maximum Gasteiger partial charge on any atom is 0.250 e. The Morgan fingerprint density at radius 3 is 2.67 bits per heavy atom. The van der Waals surface area contributed by atoms with Crippen molar-refractivity contribution in [2.24, 2.45) is 17.6 Å². The van der Waals surface area contributed by atoms with Crippen LogP contribution in [0, 0.1) is 11.8 Å². The number of hydrogen-bond donors (Lipinski definition) is 2. The molecule has 0 bridgehead atoms. The van der Waals surface area contributed by atoms with Crippen LogP contribution in [0.1, 0.15) is 43.0 Å². The van der Waals surface area contributed by atoms with Crippen LogP contribution in [-0.4, -0.2) is 17.4 Å². The van der Waals surface area contributed by atoms with Crippen LogP contribution in [0.4, 0.5) is 5.82 Å². The predicted octanol–water partition coefficient (Wildman–Crippen LogP) is 2.42. The van der Waals surface area contributed by atoms with Gasteiger partial charge in [-0.25, -0.2) is 4.98 Å². The fraction of sp³-hybridized carbons (Fsp3) is 0.571. The lowest BCUT2D eigenvalue weighted by Crippen LogP contribution is -2.20. The Kier molecular flexibility index (Phi) is 4.18. The summed E-state index contributed by atoms with van der Waals surface area (Å²) in [6.07, 6.45) is 6.79. The summed E-state index contributed by atoms with van der Waals surface area (Å²) in [7, 11) is 0. The van der Waals surface area contributed by atoms with Gasteiger partial charge in [0.1, 0.15) is 5.82 Å². The number of amides is 1. The number of pyridine rings is 1. The third-order valence-corrected chi connectivity index (χ3v) is 3.76. The number of aromatic nitrogens is 1. The SMILES string of the molecule is CC1CCC(CNc2ccc(C(N)=O)cn2)CC1. The average molecular weight is 247 g/mol. The van der Waals surface area contributed by atoms with Gasteiger partial charge in [-0.3, -0.25) is 4.79 Å². The predicted molar refractivity (Wildman–Crippen MR) is 72.4 cm³/mol. The van der Waals surface area contributed by atoms with E-state index in [1.165, 1.54) is 31.9 Å². The first kappa shape index (κ1) is 12.9. The Balaban J connectivity index is 1.81. The minimum atomic E-state index is -0.435. The molecule has 1 aliphatic rings. The van der Waals surface area contributed by atoms with Gasteiger partial charge in [-0.2, -0.15) is 0 Å². The molecule has 1 aromatic rings. The summed E-state index contributed by atoms with van der Waals surface area (Å²) in [5.41, 5.74) is 5.62. The van der Waals surface area contributed by atoms with Gasteiger partial charge in [-0.15, -0.1) is 0 Å². The molecule has 98 valence electrons. The fourth-order valence-corrected chi connectivity index (χ4v) is 2.43. The molecule has 0 aliphatic heterocycles. The molecule has 3 N–H and O–H groups in total. The lowest BCUT2D eigenvalue weighted by atomic mass is 9.83. The quantitative estimate of drug-likeness (QED) is 0.858. The molecule has 18 heavy (non-hydrogen) atoms. The number of anilines is 1. The number of primary amides is 1. The summed E-state index contributed by atoms with van der Waals surface area (Å²) >= 11 is 0. The zero-order valence-electron chi connectivity index (χ0n) is 10.9. The van der Waals surface area contributed by atoms with Crippen LogP contribution in [0.5, 0.6) is 0 Å². The Morgan fingerprint density at radius 2 is 2.11 bits per heavy atom. The van der Waals surface area contributed by atoms with Gasteiger partial charge in [0, 0.05) is 12.7 Å². The van der Waals surface area contributed by atoms with Crippen molar-refractivity contribution in [1.82, 2.24) is 4.98 Å². The molecule has 0 atom stereocenters. The van der Waals surface area contributed by atoms with Gasteiger partial charge in [-0.05, 0) is 36.8 Å². The number of carbonyl (C=O) groups excluding carboxylic acids is 1. The third-order valence-electron chi connectivity index (χ3n) is 3.76. The molecule has 1 saturated carbocycles. The maximum atomic E-state index is 10.9. The molecule has 1 fully saturated rings. The summed E-state index contributed by atoms with van der Waals surface area (Å²) in [6.45, 7) is 3.30. The highest BCUT2D eigenvalue weighted by atomic mass is 16.1. The highest BCUT2D eigenvalue weighted by molar-refractivity contribution is 5.92. The smallest absolute Gasteiger partial charge is 0.250 e. The van der Waals surface area contributed by atoms with Gasteiger partial charge in [0.25, 0.3) is 0 Å². The van der Waals surface area contributed by atoms with Gasteiger partial charge in [0.05, 0.1) is 5.56 Å². The largest absolute Gasteiger partial charge is 0.370 e. The molecule has 1 amide bonds. The normalized spacial score (nSPS) is 23.6. The van der Waals surface area contributed by atoms with Crippen LogP contribution < -0.4 is 11.1 Å². The minimum absolute atomic E-state index is 0.435. The van der Waals surface area contributed by atoms with Crippen molar-refractivity contribution in [3.05, 3.63) is 23.9 Å². The molecule has 1 heterocycles. The van der Waals surface area contributed by atoms with E-state index in [2.05, 4.69) is 17.2 Å². The van der Waals surface area contributed by atoms with Gasteiger partial charge >= 0.3 is 0 Å². The number of nitrogens with zero attached hydrogens (tertiary/aromatic N) is 1. The van der Waals surface area contributed by atoms with Crippen molar-refractivity contribution >= 4 is 11.7 Å². The van der Waals surface area contributed by atoms with E-state index in [0.717, 1.165) is 24.2 Å². The van der Waals surface area contributed by atoms with Crippen molar-refractivity contribution in [3.8, 4) is 0 Å². The highest BCUT2D eigenvalue weighted by Crippen LogP contribution is 2.28.